The van der Waals surface area contributed by atoms with Gasteiger partial charge < -0.3 is 10.2 Å². The first-order chi connectivity index (χ1) is 9.69. The van der Waals surface area contributed by atoms with E-state index in [1.165, 1.54) is 5.56 Å². The molecule has 0 radical (unpaired) electrons. The maximum Gasteiger partial charge on any atom is 0.254 e. The molecular weight excluding hydrogens is 250 g/mol. The minimum atomic E-state index is 0.174. The van der Waals surface area contributed by atoms with E-state index >= 15 is 0 Å². The topological polar surface area (TPSA) is 35.6 Å². The number of nitrogens with one attached hydrogen (secondary N) is 1. The summed E-state index contributed by atoms with van der Waals surface area (Å²) in [6.45, 7) is 5.81. The van der Waals surface area contributed by atoms with Crippen LogP contribution in [0.5, 0.6) is 0 Å². The minimum absolute atomic E-state index is 0.174. The Kier molecular flexibility index (Phi) is 3.66. The summed E-state index contributed by atoms with van der Waals surface area (Å²) in [7, 11) is 2.15. The van der Waals surface area contributed by atoms with Crippen LogP contribution >= 0.6 is 0 Å². The minimum Gasteiger partial charge on any atom is -0.384 e. The number of amides is 1. The number of nitrogens with zero attached hydrogens (tertiary/aromatic N) is 2. The third-order valence-electron chi connectivity index (χ3n) is 4.60. The van der Waals surface area contributed by atoms with Gasteiger partial charge in [-0.05, 0) is 37.6 Å². The molecule has 0 bridgehead atoms. The Balaban J connectivity index is 1.75. The van der Waals surface area contributed by atoms with Gasteiger partial charge in [0.15, 0.2) is 0 Å². The second kappa shape index (κ2) is 5.44. The maximum absolute atomic E-state index is 12.6. The van der Waals surface area contributed by atoms with E-state index in [1.54, 1.807) is 0 Å². The predicted molar refractivity (Wildman–Crippen MR) is 81.2 cm³/mol. The zero-order chi connectivity index (χ0) is 14.1. The molecular formula is C16H23N3O. The SMILES string of the molecule is CCC1CN(C(=O)c2ccc3c(c2)NCC3)CCN1C. The van der Waals surface area contributed by atoms with Crippen LogP contribution in [0.4, 0.5) is 5.69 Å². The van der Waals surface area contributed by atoms with Crippen molar-refractivity contribution in [3.05, 3.63) is 29.3 Å². The lowest BCUT2D eigenvalue weighted by molar-refractivity contribution is 0.0542. The summed E-state index contributed by atoms with van der Waals surface area (Å²) >= 11 is 0. The van der Waals surface area contributed by atoms with Crippen molar-refractivity contribution in [2.45, 2.75) is 25.8 Å². The largest absolute Gasteiger partial charge is 0.384 e. The van der Waals surface area contributed by atoms with Crippen LogP contribution in [0.1, 0.15) is 29.3 Å². The third-order valence-corrected chi connectivity index (χ3v) is 4.60. The van der Waals surface area contributed by atoms with Crippen LogP contribution < -0.4 is 5.32 Å². The number of carbonyl (C=O) groups excluding carboxylic acids is 1. The molecule has 3 rings (SSSR count). The highest BCUT2D eigenvalue weighted by Gasteiger charge is 2.27. The highest BCUT2D eigenvalue weighted by molar-refractivity contribution is 5.95. The number of benzene rings is 1. The molecule has 1 aromatic carbocycles. The third kappa shape index (κ3) is 2.40. The summed E-state index contributed by atoms with van der Waals surface area (Å²) in [5, 5.41) is 3.35. The van der Waals surface area contributed by atoms with Crippen LogP contribution in [0.2, 0.25) is 0 Å². The average Bonchev–Trinajstić information content (AvgIpc) is 2.94. The van der Waals surface area contributed by atoms with Crippen molar-refractivity contribution >= 4 is 11.6 Å². The monoisotopic (exact) mass is 273 g/mol. The van der Waals surface area contributed by atoms with Crippen molar-refractivity contribution < 1.29 is 4.79 Å². The lowest BCUT2D eigenvalue weighted by Crippen LogP contribution is -2.52. The highest BCUT2D eigenvalue weighted by atomic mass is 16.2. The van der Waals surface area contributed by atoms with Crippen molar-refractivity contribution in [1.82, 2.24) is 9.80 Å². The molecule has 20 heavy (non-hydrogen) atoms. The molecule has 2 aliphatic heterocycles. The molecule has 4 heteroatoms. The number of anilines is 1. The Morgan fingerprint density at radius 2 is 2.25 bits per heavy atom. The van der Waals surface area contributed by atoms with Gasteiger partial charge in [0.1, 0.15) is 0 Å². The molecule has 1 aromatic rings. The Morgan fingerprint density at radius 1 is 1.40 bits per heavy atom. The lowest BCUT2D eigenvalue weighted by Gasteiger charge is -2.39. The average molecular weight is 273 g/mol. The number of likely N-dealkylation sites (N-methyl/N-ethyl adjacent to an activating group) is 1. The molecule has 1 saturated heterocycles. The van der Waals surface area contributed by atoms with Crippen molar-refractivity contribution in [2.24, 2.45) is 0 Å². The Bertz CT molecular complexity index is 514. The zero-order valence-corrected chi connectivity index (χ0v) is 12.4. The first kappa shape index (κ1) is 13.4. The maximum atomic E-state index is 12.6. The second-order valence-corrected chi connectivity index (χ2v) is 5.84. The lowest BCUT2D eigenvalue weighted by atomic mass is 10.1. The molecule has 0 spiro atoms. The van der Waals surface area contributed by atoms with E-state index in [1.807, 2.05) is 17.0 Å². The van der Waals surface area contributed by atoms with E-state index in [0.29, 0.717) is 6.04 Å². The van der Waals surface area contributed by atoms with E-state index < -0.39 is 0 Å². The van der Waals surface area contributed by atoms with Crippen molar-refractivity contribution in [1.29, 1.82) is 0 Å². The highest BCUT2D eigenvalue weighted by Crippen LogP contribution is 2.24. The van der Waals surface area contributed by atoms with Gasteiger partial charge in [0, 0.05) is 43.5 Å². The van der Waals surface area contributed by atoms with Crippen molar-refractivity contribution in [3.63, 3.8) is 0 Å². The standard InChI is InChI=1S/C16H23N3O/c1-3-14-11-19(9-8-18(14)2)16(20)13-5-4-12-6-7-17-15(12)10-13/h4-5,10,14,17H,3,6-9,11H2,1-2H3. The normalized spacial score (nSPS) is 22.5. The number of carbonyl (C=O) groups is 1. The van der Waals surface area contributed by atoms with Crippen LogP contribution in [-0.2, 0) is 6.42 Å². The zero-order valence-electron chi connectivity index (χ0n) is 12.4. The number of piperazine rings is 1. The summed E-state index contributed by atoms with van der Waals surface area (Å²) in [5.74, 6) is 0.174. The molecule has 108 valence electrons. The molecule has 1 atom stereocenters. The first-order valence-corrected chi connectivity index (χ1v) is 7.55. The number of rotatable bonds is 2. The molecule has 1 amide bonds. The van der Waals surface area contributed by atoms with Gasteiger partial charge >= 0.3 is 0 Å². The second-order valence-electron chi connectivity index (χ2n) is 5.84. The first-order valence-electron chi connectivity index (χ1n) is 7.55. The molecule has 0 aliphatic carbocycles. The summed E-state index contributed by atoms with van der Waals surface area (Å²) in [5.41, 5.74) is 3.28. The fourth-order valence-corrected chi connectivity index (χ4v) is 3.18. The van der Waals surface area contributed by atoms with Crippen LogP contribution in [0.15, 0.2) is 18.2 Å². The molecule has 4 nitrogen and oxygen atoms in total. The van der Waals surface area contributed by atoms with Crippen molar-refractivity contribution in [2.75, 3.05) is 38.5 Å². The molecule has 0 saturated carbocycles. The van der Waals surface area contributed by atoms with E-state index in [9.17, 15) is 4.79 Å². The van der Waals surface area contributed by atoms with E-state index in [0.717, 1.165) is 50.3 Å². The van der Waals surface area contributed by atoms with E-state index in [-0.39, 0.29) is 5.91 Å². The number of hydrogen-bond donors (Lipinski definition) is 1. The van der Waals surface area contributed by atoms with Gasteiger partial charge in [-0.1, -0.05) is 13.0 Å². The summed E-state index contributed by atoms with van der Waals surface area (Å²) in [6, 6.07) is 6.58. The number of fused-ring (bicyclic) bond motifs is 1. The fraction of sp³-hybridized carbons (Fsp3) is 0.562. The van der Waals surface area contributed by atoms with E-state index in [2.05, 4.69) is 30.3 Å². The molecule has 1 N–H and O–H groups in total. The molecule has 2 aliphatic rings. The van der Waals surface area contributed by atoms with Gasteiger partial charge in [-0.3, -0.25) is 9.69 Å². The van der Waals surface area contributed by atoms with E-state index in [4.69, 9.17) is 0 Å². The van der Waals surface area contributed by atoms with Crippen molar-refractivity contribution in [3.8, 4) is 0 Å². The van der Waals surface area contributed by atoms with Gasteiger partial charge in [-0.25, -0.2) is 0 Å². The van der Waals surface area contributed by atoms with Gasteiger partial charge in [0.05, 0.1) is 0 Å². The predicted octanol–water partition coefficient (Wildman–Crippen LogP) is 1.82. The Labute approximate surface area is 120 Å². The van der Waals surface area contributed by atoms with Crippen LogP contribution in [0.25, 0.3) is 0 Å². The number of hydrogen-bond acceptors (Lipinski definition) is 3. The summed E-state index contributed by atoms with van der Waals surface area (Å²) < 4.78 is 0. The quantitative estimate of drug-likeness (QED) is 0.893. The van der Waals surface area contributed by atoms with Crippen LogP contribution in [0.3, 0.4) is 0 Å². The van der Waals surface area contributed by atoms with Gasteiger partial charge in [-0.15, -0.1) is 0 Å². The van der Waals surface area contributed by atoms with Crippen LogP contribution in [-0.4, -0.2) is 55.0 Å². The molecule has 2 heterocycles. The van der Waals surface area contributed by atoms with Crippen LogP contribution in [0, 0.1) is 0 Å². The summed E-state index contributed by atoms with van der Waals surface area (Å²) in [6.07, 6.45) is 2.16. The smallest absolute Gasteiger partial charge is 0.254 e. The molecule has 1 fully saturated rings. The Hall–Kier alpha value is -1.55. The Morgan fingerprint density at radius 3 is 3.05 bits per heavy atom. The van der Waals surface area contributed by atoms with Gasteiger partial charge in [-0.2, -0.15) is 0 Å². The van der Waals surface area contributed by atoms with Gasteiger partial charge in [0.2, 0.25) is 0 Å². The fourth-order valence-electron chi connectivity index (χ4n) is 3.18. The summed E-state index contributed by atoms with van der Waals surface area (Å²) in [4.78, 5) is 17.0. The molecule has 1 unspecified atom stereocenters. The van der Waals surface area contributed by atoms with Gasteiger partial charge in [0.25, 0.3) is 5.91 Å². The molecule has 0 aromatic heterocycles.